The standard InChI is InChI=1S/C10H17N5OS/c1-6-4-15(5-7(2)14(6)3)9(16)8-12-13-10(11)17-8/h6-7H,4-5H2,1-3H3,(H2,11,13). The van der Waals surface area contributed by atoms with Crippen LogP contribution in [0, 0.1) is 0 Å². The Bertz CT molecular complexity index is 409. The summed E-state index contributed by atoms with van der Waals surface area (Å²) in [6.07, 6.45) is 0. The second-order valence-corrected chi connectivity index (χ2v) is 5.53. The number of aromatic nitrogens is 2. The lowest BCUT2D eigenvalue weighted by atomic mass is 10.1. The Morgan fingerprint density at radius 3 is 2.41 bits per heavy atom. The van der Waals surface area contributed by atoms with Crippen molar-refractivity contribution >= 4 is 22.4 Å². The van der Waals surface area contributed by atoms with E-state index in [1.54, 1.807) is 0 Å². The second kappa shape index (κ2) is 4.58. The molecule has 2 unspecified atom stereocenters. The van der Waals surface area contributed by atoms with E-state index >= 15 is 0 Å². The van der Waals surface area contributed by atoms with Crippen molar-refractivity contribution in [1.29, 1.82) is 0 Å². The van der Waals surface area contributed by atoms with Crippen LogP contribution in [0.15, 0.2) is 0 Å². The van der Waals surface area contributed by atoms with E-state index in [0.29, 0.717) is 22.2 Å². The van der Waals surface area contributed by atoms with E-state index in [0.717, 1.165) is 24.4 Å². The van der Waals surface area contributed by atoms with E-state index in [9.17, 15) is 4.79 Å². The largest absolute Gasteiger partial charge is 0.374 e. The van der Waals surface area contributed by atoms with E-state index in [4.69, 9.17) is 5.73 Å². The topological polar surface area (TPSA) is 75.3 Å². The Morgan fingerprint density at radius 2 is 1.94 bits per heavy atom. The molecule has 0 aliphatic carbocycles. The van der Waals surface area contributed by atoms with Gasteiger partial charge in [-0.05, 0) is 20.9 Å². The van der Waals surface area contributed by atoms with Crippen LogP contribution in [0.2, 0.25) is 0 Å². The number of anilines is 1. The molecule has 1 aromatic heterocycles. The fourth-order valence-electron chi connectivity index (χ4n) is 2.03. The molecule has 1 fully saturated rings. The van der Waals surface area contributed by atoms with Crippen molar-refractivity contribution in [3.8, 4) is 0 Å². The molecule has 2 heterocycles. The molecule has 2 atom stereocenters. The third-order valence-corrected chi connectivity index (χ3v) is 4.01. The molecule has 6 nitrogen and oxygen atoms in total. The summed E-state index contributed by atoms with van der Waals surface area (Å²) in [6.45, 7) is 5.67. The van der Waals surface area contributed by atoms with Crippen LogP contribution in [0.4, 0.5) is 5.13 Å². The van der Waals surface area contributed by atoms with E-state index in [1.165, 1.54) is 0 Å². The predicted octanol–water partition coefficient (Wildman–Crippen LogP) is 0.285. The van der Waals surface area contributed by atoms with E-state index in [2.05, 4.69) is 36.0 Å². The number of hydrogen-bond acceptors (Lipinski definition) is 6. The van der Waals surface area contributed by atoms with E-state index in [1.807, 2.05) is 4.90 Å². The first-order valence-electron chi connectivity index (χ1n) is 5.59. The van der Waals surface area contributed by atoms with E-state index < -0.39 is 0 Å². The van der Waals surface area contributed by atoms with Gasteiger partial charge < -0.3 is 10.6 Å². The molecule has 2 rings (SSSR count). The molecule has 0 radical (unpaired) electrons. The molecule has 0 saturated carbocycles. The van der Waals surface area contributed by atoms with Crippen LogP contribution in [-0.4, -0.2) is 58.1 Å². The lowest BCUT2D eigenvalue weighted by molar-refractivity contribution is 0.0413. The summed E-state index contributed by atoms with van der Waals surface area (Å²) >= 11 is 1.14. The number of carbonyl (C=O) groups excluding carboxylic acids is 1. The van der Waals surface area contributed by atoms with Crippen LogP contribution in [0.1, 0.15) is 23.6 Å². The lowest BCUT2D eigenvalue weighted by Crippen LogP contribution is -2.56. The van der Waals surface area contributed by atoms with Gasteiger partial charge in [0.25, 0.3) is 5.91 Å². The quantitative estimate of drug-likeness (QED) is 0.780. The molecule has 94 valence electrons. The summed E-state index contributed by atoms with van der Waals surface area (Å²) in [7, 11) is 2.08. The zero-order valence-corrected chi connectivity index (χ0v) is 11.1. The van der Waals surface area contributed by atoms with Crippen LogP contribution >= 0.6 is 11.3 Å². The fraction of sp³-hybridized carbons (Fsp3) is 0.700. The van der Waals surface area contributed by atoms with Gasteiger partial charge in [-0.3, -0.25) is 9.69 Å². The average Bonchev–Trinajstić information content (AvgIpc) is 2.71. The number of nitrogens with zero attached hydrogens (tertiary/aromatic N) is 4. The summed E-state index contributed by atoms with van der Waals surface area (Å²) in [4.78, 5) is 16.3. The van der Waals surface area contributed by atoms with Gasteiger partial charge >= 0.3 is 0 Å². The van der Waals surface area contributed by atoms with Crippen molar-refractivity contribution in [2.45, 2.75) is 25.9 Å². The predicted molar refractivity (Wildman–Crippen MR) is 66.9 cm³/mol. The Balaban J connectivity index is 2.11. The first-order valence-corrected chi connectivity index (χ1v) is 6.41. The first-order chi connectivity index (χ1) is 7.99. The van der Waals surface area contributed by atoms with Crippen molar-refractivity contribution in [2.75, 3.05) is 25.9 Å². The maximum absolute atomic E-state index is 12.2. The molecule has 1 aliphatic rings. The minimum absolute atomic E-state index is 0.0639. The van der Waals surface area contributed by atoms with Gasteiger partial charge in [0.1, 0.15) is 0 Å². The van der Waals surface area contributed by atoms with Crippen molar-refractivity contribution in [3.63, 3.8) is 0 Å². The van der Waals surface area contributed by atoms with Crippen LogP contribution in [0.25, 0.3) is 0 Å². The van der Waals surface area contributed by atoms with Crippen LogP contribution < -0.4 is 5.73 Å². The minimum atomic E-state index is -0.0639. The molecule has 7 heteroatoms. The summed E-state index contributed by atoms with van der Waals surface area (Å²) in [5, 5.41) is 8.19. The summed E-state index contributed by atoms with van der Waals surface area (Å²) in [5.41, 5.74) is 5.49. The zero-order chi connectivity index (χ0) is 12.6. The SMILES string of the molecule is CC1CN(C(=O)c2nnc(N)s2)CC(C)N1C. The average molecular weight is 255 g/mol. The second-order valence-electron chi connectivity index (χ2n) is 4.52. The van der Waals surface area contributed by atoms with Crippen molar-refractivity contribution < 1.29 is 4.79 Å². The molecular weight excluding hydrogens is 238 g/mol. The molecule has 0 bridgehead atoms. The first kappa shape index (κ1) is 12.3. The molecular formula is C10H17N5OS. The smallest absolute Gasteiger partial charge is 0.285 e. The highest BCUT2D eigenvalue weighted by molar-refractivity contribution is 7.16. The van der Waals surface area contributed by atoms with E-state index in [-0.39, 0.29) is 5.91 Å². The van der Waals surface area contributed by atoms with Gasteiger partial charge in [-0.15, -0.1) is 10.2 Å². The highest BCUT2D eigenvalue weighted by Crippen LogP contribution is 2.18. The Kier molecular flexibility index (Phi) is 3.30. The molecule has 17 heavy (non-hydrogen) atoms. The highest BCUT2D eigenvalue weighted by atomic mass is 32.1. The number of carbonyl (C=O) groups is 1. The Hall–Kier alpha value is -1.21. The number of nitrogen functional groups attached to an aromatic ring is 1. The summed E-state index contributed by atoms with van der Waals surface area (Å²) in [6, 6.07) is 0.709. The molecule has 0 spiro atoms. The van der Waals surface area contributed by atoms with Crippen LogP contribution in [0.3, 0.4) is 0 Å². The molecule has 1 amide bonds. The third-order valence-electron chi connectivity index (χ3n) is 3.27. The normalized spacial score (nSPS) is 26.2. The Labute approximate surface area is 104 Å². The summed E-state index contributed by atoms with van der Waals surface area (Å²) < 4.78 is 0. The number of hydrogen-bond donors (Lipinski definition) is 1. The third kappa shape index (κ3) is 2.39. The number of nitrogens with two attached hydrogens (primary N) is 1. The highest BCUT2D eigenvalue weighted by Gasteiger charge is 2.31. The van der Waals surface area contributed by atoms with Crippen molar-refractivity contribution in [1.82, 2.24) is 20.0 Å². The molecule has 2 N–H and O–H groups in total. The maximum atomic E-state index is 12.2. The van der Waals surface area contributed by atoms with Crippen LogP contribution in [0.5, 0.6) is 0 Å². The van der Waals surface area contributed by atoms with Crippen LogP contribution in [-0.2, 0) is 0 Å². The van der Waals surface area contributed by atoms with Crippen molar-refractivity contribution in [2.24, 2.45) is 0 Å². The van der Waals surface area contributed by atoms with Gasteiger partial charge in [-0.2, -0.15) is 0 Å². The number of amides is 1. The monoisotopic (exact) mass is 255 g/mol. The van der Waals surface area contributed by atoms with Gasteiger partial charge in [0.15, 0.2) is 0 Å². The molecule has 0 aromatic carbocycles. The maximum Gasteiger partial charge on any atom is 0.285 e. The van der Waals surface area contributed by atoms with Gasteiger partial charge in [0.2, 0.25) is 10.1 Å². The number of rotatable bonds is 1. The zero-order valence-electron chi connectivity index (χ0n) is 10.3. The number of piperazine rings is 1. The van der Waals surface area contributed by atoms with Gasteiger partial charge in [0, 0.05) is 25.2 Å². The summed E-state index contributed by atoms with van der Waals surface area (Å²) in [5.74, 6) is -0.0639. The van der Waals surface area contributed by atoms with Crippen molar-refractivity contribution in [3.05, 3.63) is 5.01 Å². The fourth-order valence-corrected chi connectivity index (χ4v) is 2.60. The lowest BCUT2D eigenvalue weighted by Gasteiger charge is -2.42. The molecule has 1 aliphatic heterocycles. The Morgan fingerprint density at radius 1 is 1.35 bits per heavy atom. The van der Waals surface area contributed by atoms with Gasteiger partial charge in [-0.25, -0.2) is 0 Å². The minimum Gasteiger partial charge on any atom is -0.374 e. The van der Waals surface area contributed by atoms with Gasteiger partial charge in [0.05, 0.1) is 0 Å². The molecule has 1 aromatic rings. The number of likely N-dealkylation sites (N-methyl/N-ethyl adjacent to an activating group) is 1. The molecule has 1 saturated heterocycles. The van der Waals surface area contributed by atoms with Gasteiger partial charge in [-0.1, -0.05) is 11.3 Å².